The third-order valence-corrected chi connectivity index (χ3v) is 11.7. The average Bonchev–Trinajstić information content (AvgIpc) is 3.76. The van der Waals surface area contributed by atoms with E-state index < -0.39 is 0 Å². The van der Waals surface area contributed by atoms with Gasteiger partial charge in [-0.25, -0.2) is 19.4 Å². The molecule has 0 radical (unpaired) electrons. The lowest BCUT2D eigenvalue weighted by atomic mass is 9.92. The van der Waals surface area contributed by atoms with E-state index in [0.717, 1.165) is 61.2 Å². The lowest BCUT2D eigenvalue weighted by Crippen LogP contribution is -2.61. The zero-order valence-electron chi connectivity index (χ0n) is 29.7. The molecule has 3 N–H and O–H groups in total. The van der Waals surface area contributed by atoms with E-state index in [1.807, 2.05) is 49.4 Å². The van der Waals surface area contributed by atoms with Gasteiger partial charge in [-0.15, -0.1) is 0 Å². The first-order valence-corrected chi connectivity index (χ1v) is 18.5. The first kappa shape index (κ1) is 35.3. The molecule has 1 spiro atoms. The zero-order valence-corrected chi connectivity index (χ0v) is 31.3. The number of methoxy groups -OCH3 is 1. The molecule has 3 aromatic heterocycles. The number of aryl methyl sites for hydroxylation is 3. The van der Waals surface area contributed by atoms with Crippen molar-refractivity contribution in [1.29, 1.82) is 0 Å². The predicted octanol–water partition coefficient (Wildman–Crippen LogP) is 6.26. The number of amides is 2. The highest BCUT2D eigenvalue weighted by molar-refractivity contribution is 6.39. The maximum atomic E-state index is 13.1. The number of benzene rings is 2. The van der Waals surface area contributed by atoms with Crippen molar-refractivity contribution in [2.75, 3.05) is 45.2 Å². The van der Waals surface area contributed by atoms with Crippen molar-refractivity contribution in [3.63, 3.8) is 0 Å². The first-order chi connectivity index (χ1) is 25.6. The Morgan fingerprint density at radius 3 is 2.57 bits per heavy atom. The molecule has 274 valence electrons. The van der Waals surface area contributed by atoms with Crippen molar-refractivity contribution in [3.05, 3.63) is 91.9 Å². The molecule has 2 atom stereocenters. The van der Waals surface area contributed by atoms with Crippen molar-refractivity contribution < 1.29 is 14.6 Å². The van der Waals surface area contributed by atoms with Gasteiger partial charge in [-0.3, -0.25) is 9.69 Å². The summed E-state index contributed by atoms with van der Waals surface area (Å²) >= 11 is 14.3. The topological polar surface area (TPSA) is 138 Å². The van der Waals surface area contributed by atoms with Crippen LogP contribution in [0.2, 0.25) is 10.0 Å². The number of ether oxygens (including phenoxy) is 1. The van der Waals surface area contributed by atoms with Gasteiger partial charge in [0.25, 0.3) is 5.56 Å². The molecule has 14 heteroatoms. The Balaban J connectivity index is 1.09. The Kier molecular flexibility index (Phi) is 9.26. The Hall–Kier alpha value is -4.75. The van der Waals surface area contributed by atoms with E-state index >= 15 is 0 Å². The standard InChI is InChI=1S/C39H40Cl2N8O4/c1-22-18-24-20-42-47(2)37(51)32(24)35(43-22)44-28-9-5-7-26(34(28)41)25-6-4-8-27(33(25)40)29-19-23-10-11-30(31(23)36(45-29)53-3)49-15-13-39(21-49)12-14-48(16-17-50)38(52)46-39/h4-9,18-20,30,50H,10-17,21H2,1-3H3,(H,43,44)(H,46,52)/t30-,39-/m1/s1. The molecule has 53 heavy (non-hydrogen) atoms. The smallest absolute Gasteiger partial charge is 0.317 e. The van der Waals surface area contributed by atoms with Crippen LogP contribution in [-0.4, -0.2) is 86.1 Å². The van der Waals surface area contributed by atoms with E-state index in [1.54, 1.807) is 25.3 Å². The van der Waals surface area contributed by atoms with Crippen LogP contribution in [0.25, 0.3) is 33.2 Å². The Morgan fingerprint density at radius 1 is 1.04 bits per heavy atom. The highest BCUT2D eigenvalue weighted by atomic mass is 35.5. The number of fused-ring (bicyclic) bond motifs is 2. The summed E-state index contributed by atoms with van der Waals surface area (Å²) in [5, 5.41) is 22.1. The van der Waals surface area contributed by atoms with Crippen molar-refractivity contribution in [2.45, 2.75) is 44.2 Å². The summed E-state index contributed by atoms with van der Waals surface area (Å²) in [5.74, 6) is 0.972. The van der Waals surface area contributed by atoms with Gasteiger partial charge < -0.3 is 25.4 Å². The minimum Gasteiger partial charge on any atom is -0.481 e. The molecule has 2 fully saturated rings. The van der Waals surface area contributed by atoms with Gasteiger partial charge in [0.1, 0.15) is 5.82 Å². The number of hydrogen-bond acceptors (Lipinski definition) is 9. The maximum Gasteiger partial charge on any atom is 0.317 e. The Morgan fingerprint density at radius 2 is 1.79 bits per heavy atom. The summed E-state index contributed by atoms with van der Waals surface area (Å²) in [6.45, 7) is 4.43. The van der Waals surface area contributed by atoms with E-state index in [9.17, 15) is 14.7 Å². The van der Waals surface area contributed by atoms with Gasteiger partial charge in [-0.1, -0.05) is 53.5 Å². The quantitative estimate of drug-likeness (QED) is 0.168. The lowest BCUT2D eigenvalue weighted by Gasteiger charge is -2.40. The SMILES string of the molecule is COc1nc(-c2cccc(-c3cccc(Nc4nc(C)cc5cnn(C)c(=O)c45)c3Cl)c2Cl)cc2c1[C@H](N1CC[C@]3(CCN(CCO)C(=O)N3)C1)CC2. The monoisotopic (exact) mass is 754 g/mol. The van der Waals surface area contributed by atoms with Gasteiger partial charge in [0.05, 0.1) is 52.3 Å². The molecule has 5 aromatic rings. The largest absolute Gasteiger partial charge is 0.481 e. The van der Waals surface area contributed by atoms with Crippen LogP contribution in [0.1, 0.15) is 42.1 Å². The molecule has 5 heterocycles. The second-order valence-electron chi connectivity index (χ2n) is 14.1. The summed E-state index contributed by atoms with van der Waals surface area (Å²) in [5.41, 5.74) is 5.93. The second-order valence-corrected chi connectivity index (χ2v) is 14.9. The number of aliphatic hydroxyl groups excluding tert-OH is 1. The van der Waals surface area contributed by atoms with E-state index in [-0.39, 0.29) is 29.8 Å². The molecule has 3 aliphatic rings. The molecule has 12 nitrogen and oxygen atoms in total. The third-order valence-electron chi connectivity index (χ3n) is 10.9. The van der Waals surface area contributed by atoms with Crippen LogP contribution in [-0.2, 0) is 13.5 Å². The molecule has 0 saturated carbocycles. The first-order valence-electron chi connectivity index (χ1n) is 17.8. The molecule has 2 amide bonds. The molecular weight excluding hydrogens is 715 g/mol. The van der Waals surface area contributed by atoms with Gasteiger partial charge in [0.2, 0.25) is 5.88 Å². The number of anilines is 2. The summed E-state index contributed by atoms with van der Waals surface area (Å²) in [6, 6.07) is 15.4. The molecule has 8 rings (SSSR count). The van der Waals surface area contributed by atoms with Gasteiger partial charge in [0, 0.05) is 72.6 Å². The summed E-state index contributed by atoms with van der Waals surface area (Å²) in [6.07, 6.45) is 5.16. The van der Waals surface area contributed by atoms with Crippen molar-refractivity contribution in [1.82, 2.24) is 34.9 Å². The average molecular weight is 756 g/mol. The van der Waals surface area contributed by atoms with E-state index in [4.69, 9.17) is 32.9 Å². The summed E-state index contributed by atoms with van der Waals surface area (Å²) in [7, 11) is 3.26. The van der Waals surface area contributed by atoms with Crippen LogP contribution >= 0.6 is 23.2 Å². The van der Waals surface area contributed by atoms with E-state index in [1.165, 1.54) is 10.2 Å². The highest BCUT2D eigenvalue weighted by Crippen LogP contribution is 2.47. The fourth-order valence-electron chi connectivity index (χ4n) is 8.25. The van der Waals surface area contributed by atoms with Crippen LogP contribution in [0.3, 0.4) is 0 Å². The number of urea groups is 1. The molecule has 1 aliphatic carbocycles. The van der Waals surface area contributed by atoms with Crippen LogP contribution in [0, 0.1) is 6.92 Å². The number of hydrogen-bond donors (Lipinski definition) is 3. The Labute approximate surface area is 316 Å². The minimum atomic E-state index is -0.270. The van der Waals surface area contributed by atoms with Gasteiger partial charge >= 0.3 is 6.03 Å². The molecule has 0 unspecified atom stereocenters. The number of halogens is 2. The number of nitrogens with zero attached hydrogens (tertiary/aromatic N) is 6. The number of aliphatic hydroxyl groups is 1. The van der Waals surface area contributed by atoms with Crippen LogP contribution < -0.4 is 20.9 Å². The number of pyridine rings is 2. The maximum absolute atomic E-state index is 13.1. The van der Waals surface area contributed by atoms with Crippen LogP contribution in [0.5, 0.6) is 5.88 Å². The second kappa shape index (κ2) is 13.9. The fraction of sp³-hybridized carbons (Fsp3) is 0.359. The van der Waals surface area contributed by atoms with Gasteiger partial charge in [-0.05, 0) is 56.4 Å². The third kappa shape index (κ3) is 6.27. The molecule has 2 aromatic carbocycles. The normalized spacial score (nSPS) is 19.9. The number of nitrogens with one attached hydrogen (secondary N) is 2. The number of aromatic nitrogens is 4. The molecular formula is C39H40Cl2N8O4. The lowest BCUT2D eigenvalue weighted by molar-refractivity contribution is 0.127. The number of rotatable bonds is 8. The van der Waals surface area contributed by atoms with Crippen LogP contribution in [0.15, 0.2) is 59.5 Å². The number of β-amino-alcohol motifs (C(OH)–C–C–N with tert-alkyl or cyclic N) is 1. The highest BCUT2D eigenvalue weighted by Gasteiger charge is 2.46. The van der Waals surface area contributed by atoms with E-state index in [0.29, 0.717) is 62.5 Å². The number of carbonyl (C=O) groups excluding carboxylic acids is 1. The minimum absolute atomic E-state index is 0.0407. The van der Waals surface area contributed by atoms with Crippen molar-refractivity contribution in [2.24, 2.45) is 7.05 Å². The summed E-state index contributed by atoms with van der Waals surface area (Å²) < 4.78 is 7.24. The molecule has 0 bridgehead atoms. The predicted molar refractivity (Wildman–Crippen MR) is 206 cm³/mol. The van der Waals surface area contributed by atoms with E-state index in [2.05, 4.69) is 31.7 Å². The number of likely N-dealkylation sites (tertiary alicyclic amines) is 1. The Bertz CT molecular complexity index is 2330. The molecule has 2 saturated heterocycles. The van der Waals surface area contributed by atoms with Crippen molar-refractivity contribution >= 4 is 51.5 Å². The molecule has 2 aliphatic heterocycles. The zero-order chi connectivity index (χ0) is 37.0. The number of carbonyl (C=O) groups is 1. The van der Waals surface area contributed by atoms with Crippen molar-refractivity contribution in [3.8, 4) is 28.3 Å². The van der Waals surface area contributed by atoms with Gasteiger partial charge in [0.15, 0.2) is 0 Å². The van der Waals surface area contributed by atoms with Gasteiger partial charge in [-0.2, -0.15) is 5.10 Å². The summed E-state index contributed by atoms with van der Waals surface area (Å²) in [4.78, 5) is 39.7. The fourth-order valence-corrected chi connectivity index (χ4v) is 8.85. The van der Waals surface area contributed by atoms with Crippen LogP contribution in [0.4, 0.5) is 16.3 Å².